The fraction of sp³-hybridized carbons (Fsp3) is 0.238. The van der Waals surface area contributed by atoms with Crippen LogP contribution in [0, 0.1) is 6.92 Å². The Bertz CT molecular complexity index is 798. The van der Waals surface area contributed by atoms with Gasteiger partial charge in [-0.3, -0.25) is 4.79 Å². The second-order valence-corrected chi connectivity index (χ2v) is 6.31. The van der Waals surface area contributed by atoms with E-state index in [1.807, 2.05) is 72.3 Å². The molecule has 2 N–H and O–H groups in total. The molecule has 0 saturated heterocycles. The highest BCUT2D eigenvalue weighted by atomic mass is 16.2. The smallest absolute Gasteiger partial charge is 0.246 e. The molecule has 0 unspecified atom stereocenters. The lowest BCUT2D eigenvalue weighted by atomic mass is 10.1. The number of amides is 1. The molecule has 1 amide bonds. The summed E-state index contributed by atoms with van der Waals surface area (Å²) in [4.78, 5) is 16.9. The SMILES string of the molecule is Cc1ccc(NC(=O)[C@H](NCCCn2ccnc2)c2ccccc2)cc1. The largest absolute Gasteiger partial charge is 0.337 e. The summed E-state index contributed by atoms with van der Waals surface area (Å²) in [5.41, 5.74) is 2.93. The van der Waals surface area contributed by atoms with Crippen molar-refractivity contribution in [3.8, 4) is 0 Å². The van der Waals surface area contributed by atoms with Gasteiger partial charge < -0.3 is 15.2 Å². The Morgan fingerprint density at radius 3 is 2.58 bits per heavy atom. The molecule has 0 fully saturated rings. The van der Waals surface area contributed by atoms with E-state index < -0.39 is 0 Å². The van der Waals surface area contributed by atoms with Crippen LogP contribution in [0.15, 0.2) is 73.3 Å². The summed E-state index contributed by atoms with van der Waals surface area (Å²) in [7, 11) is 0. The number of anilines is 1. The Morgan fingerprint density at radius 2 is 1.88 bits per heavy atom. The predicted octanol–water partition coefficient (Wildman–Crippen LogP) is 3.55. The van der Waals surface area contributed by atoms with Gasteiger partial charge in [0.05, 0.1) is 6.33 Å². The number of nitrogens with zero attached hydrogens (tertiary/aromatic N) is 2. The van der Waals surface area contributed by atoms with Gasteiger partial charge in [-0.25, -0.2) is 4.98 Å². The van der Waals surface area contributed by atoms with Gasteiger partial charge in [0.1, 0.15) is 6.04 Å². The highest BCUT2D eigenvalue weighted by molar-refractivity contribution is 5.95. The Morgan fingerprint density at radius 1 is 1.12 bits per heavy atom. The van der Waals surface area contributed by atoms with Gasteiger partial charge in [-0.2, -0.15) is 0 Å². The molecule has 2 aromatic carbocycles. The fourth-order valence-corrected chi connectivity index (χ4v) is 2.79. The maximum atomic E-state index is 12.8. The van der Waals surface area contributed by atoms with Crippen molar-refractivity contribution in [1.82, 2.24) is 14.9 Å². The van der Waals surface area contributed by atoms with Gasteiger partial charge >= 0.3 is 0 Å². The molecule has 0 radical (unpaired) electrons. The summed E-state index contributed by atoms with van der Waals surface area (Å²) in [6, 6.07) is 17.3. The van der Waals surface area contributed by atoms with Crippen LogP contribution in [-0.4, -0.2) is 22.0 Å². The first-order chi connectivity index (χ1) is 12.7. The molecule has 3 aromatic rings. The molecule has 0 spiro atoms. The third-order valence-corrected chi connectivity index (χ3v) is 4.21. The highest BCUT2D eigenvalue weighted by Gasteiger charge is 2.19. The molecular formula is C21H24N4O. The molecule has 134 valence electrons. The maximum absolute atomic E-state index is 12.8. The molecule has 26 heavy (non-hydrogen) atoms. The van der Waals surface area contributed by atoms with Crippen LogP contribution >= 0.6 is 0 Å². The summed E-state index contributed by atoms with van der Waals surface area (Å²) in [6.45, 7) is 3.63. The maximum Gasteiger partial charge on any atom is 0.246 e. The fourth-order valence-electron chi connectivity index (χ4n) is 2.79. The molecule has 1 atom stereocenters. The molecule has 3 rings (SSSR count). The van der Waals surface area contributed by atoms with E-state index in [-0.39, 0.29) is 11.9 Å². The van der Waals surface area contributed by atoms with Crippen molar-refractivity contribution in [1.29, 1.82) is 0 Å². The lowest BCUT2D eigenvalue weighted by molar-refractivity contribution is -0.118. The molecule has 0 aliphatic heterocycles. The summed E-state index contributed by atoms with van der Waals surface area (Å²) in [5, 5.41) is 6.39. The van der Waals surface area contributed by atoms with Crippen LogP contribution in [0.25, 0.3) is 0 Å². The van der Waals surface area contributed by atoms with Crippen molar-refractivity contribution in [3.05, 3.63) is 84.4 Å². The lowest BCUT2D eigenvalue weighted by Gasteiger charge is -2.19. The Balaban J connectivity index is 1.62. The first-order valence-electron chi connectivity index (χ1n) is 8.84. The van der Waals surface area contributed by atoms with Gasteiger partial charge in [-0.1, -0.05) is 48.0 Å². The van der Waals surface area contributed by atoms with Crippen LogP contribution in [0.3, 0.4) is 0 Å². The minimum absolute atomic E-state index is 0.0531. The predicted molar refractivity (Wildman–Crippen MR) is 104 cm³/mol. The Kier molecular flexibility index (Phi) is 6.17. The molecular weight excluding hydrogens is 324 g/mol. The van der Waals surface area contributed by atoms with Crippen LogP contribution in [0.4, 0.5) is 5.69 Å². The molecule has 0 aliphatic carbocycles. The van der Waals surface area contributed by atoms with Crippen molar-refractivity contribution in [3.63, 3.8) is 0 Å². The minimum atomic E-state index is -0.389. The monoisotopic (exact) mass is 348 g/mol. The van der Waals surface area contributed by atoms with Gasteiger partial charge in [0.15, 0.2) is 0 Å². The van der Waals surface area contributed by atoms with E-state index in [2.05, 4.69) is 15.6 Å². The van der Waals surface area contributed by atoms with Crippen molar-refractivity contribution in [2.45, 2.75) is 25.9 Å². The standard InChI is InChI=1S/C21H24N4O/c1-17-8-10-19(11-9-17)24-21(26)20(18-6-3-2-4-7-18)23-12-5-14-25-15-13-22-16-25/h2-4,6-11,13,15-16,20,23H,5,12,14H2,1H3,(H,24,26)/t20-/m1/s1. The van der Waals surface area contributed by atoms with Crippen LogP contribution < -0.4 is 10.6 Å². The van der Waals surface area contributed by atoms with Crippen molar-refractivity contribution < 1.29 is 4.79 Å². The van der Waals surface area contributed by atoms with Gasteiger partial charge in [-0.05, 0) is 37.6 Å². The number of hydrogen-bond donors (Lipinski definition) is 2. The van der Waals surface area contributed by atoms with Gasteiger partial charge in [-0.15, -0.1) is 0 Å². The van der Waals surface area contributed by atoms with E-state index in [0.717, 1.165) is 30.8 Å². The molecule has 5 nitrogen and oxygen atoms in total. The van der Waals surface area contributed by atoms with Gasteiger partial charge in [0, 0.05) is 24.6 Å². The van der Waals surface area contributed by atoms with E-state index in [9.17, 15) is 4.79 Å². The van der Waals surface area contributed by atoms with E-state index in [1.54, 1.807) is 12.5 Å². The molecule has 1 aromatic heterocycles. The first-order valence-corrected chi connectivity index (χ1v) is 8.84. The molecule has 5 heteroatoms. The van der Waals surface area contributed by atoms with Crippen LogP contribution in [-0.2, 0) is 11.3 Å². The number of imidazole rings is 1. The summed E-state index contributed by atoms with van der Waals surface area (Å²) < 4.78 is 2.03. The number of carbonyl (C=O) groups is 1. The minimum Gasteiger partial charge on any atom is -0.337 e. The molecule has 0 bridgehead atoms. The van der Waals surface area contributed by atoms with Crippen LogP contribution in [0.1, 0.15) is 23.6 Å². The van der Waals surface area contributed by atoms with E-state index in [1.165, 1.54) is 5.56 Å². The molecule has 0 saturated carbocycles. The third-order valence-electron chi connectivity index (χ3n) is 4.21. The number of aromatic nitrogens is 2. The lowest BCUT2D eigenvalue weighted by Crippen LogP contribution is -2.34. The molecule has 1 heterocycles. The zero-order valence-electron chi connectivity index (χ0n) is 14.9. The van der Waals surface area contributed by atoms with Crippen LogP contribution in [0.2, 0.25) is 0 Å². The van der Waals surface area contributed by atoms with Crippen LogP contribution in [0.5, 0.6) is 0 Å². The normalized spacial score (nSPS) is 11.9. The van der Waals surface area contributed by atoms with Crippen molar-refractivity contribution >= 4 is 11.6 Å². The summed E-state index contributed by atoms with van der Waals surface area (Å²) >= 11 is 0. The van der Waals surface area contributed by atoms with Gasteiger partial charge in [0.2, 0.25) is 5.91 Å². The first kappa shape index (κ1) is 17.9. The zero-order chi connectivity index (χ0) is 18.2. The number of aryl methyl sites for hydroxylation is 2. The summed E-state index contributed by atoms with van der Waals surface area (Å²) in [6.07, 6.45) is 6.43. The van der Waals surface area contributed by atoms with Gasteiger partial charge in [0.25, 0.3) is 0 Å². The number of benzene rings is 2. The number of rotatable bonds is 8. The second-order valence-electron chi connectivity index (χ2n) is 6.31. The quantitative estimate of drug-likeness (QED) is 0.612. The summed E-state index contributed by atoms with van der Waals surface area (Å²) in [5.74, 6) is -0.0531. The highest BCUT2D eigenvalue weighted by Crippen LogP contribution is 2.16. The van der Waals surface area contributed by atoms with E-state index in [0.29, 0.717) is 0 Å². The Labute approximate surface area is 154 Å². The van der Waals surface area contributed by atoms with E-state index in [4.69, 9.17) is 0 Å². The third kappa shape index (κ3) is 5.04. The average Bonchev–Trinajstić information content (AvgIpc) is 3.18. The van der Waals surface area contributed by atoms with E-state index >= 15 is 0 Å². The molecule has 0 aliphatic rings. The average molecular weight is 348 g/mol. The van der Waals surface area contributed by atoms with Crippen molar-refractivity contribution in [2.75, 3.05) is 11.9 Å². The number of nitrogens with one attached hydrogen (secondary N) is 2. The number of hydrogen-bond acceptors (Lipinski definition) is 3. The zero-order valence-corrected chi connectivity index (χ0v) is 14.9. The Hall–Kier alpha value is -2.92. The topological polar surface area (TPSA) is 59.0 Å². The number of carbonyl (C=O) groups excluding carboxylic acids is 1. The van der Waals surface area contributed by atoms with Crippen molar-refractivity contribution in [2.24, 2.45) is 0 Å². The second kappa shape index (κ2) is 8.97.